The number of aliphatic hydroxyl groups excluding tert-OH is 1. The lowest BCUT2D eigenvalue weighted by Crippen LogP contribution is -2.32. The molecule has 5 aromatic rings. The highest BCUT2D eigenvalue weighted by Gasteiger charge is 2.26. The van der Waals surface area contributed by atoms with Crippen LogP contribution in [0.25, 0.3) is 16.7 Å². The Balaban J connectivity index is 1.29. The zero-order chi connectivity index (χ0) is 30.1. The number of H-pyrrole nitrogens is 1. The van der Waals surface area contributed by atoms with Gasteiger partial charge in [-0.3, -0.25) is 24.0 Å². The average molecular weight is 582 g/mol. The Bertz CT molecular complexity index is 1920. The van der Waals surface area contributed by atoms with Crippen LogP contribution in [0.3, 0.4) is 0 Å². The van der Waals surface area contributed by atoms with Gasteiger partial charge in [0.15, 0.2) is 34.6 Å². The first kappa shape index (κ1) is 28.0. The van der Waals surface area contributed by atoms with Crippen LogP contribution < -0.4 is 15.6 Å². The number of rotatable bonds is 9. The highest BCUT2D eigenvalue weighted by atomic mass is 19.1. The monoisotopic (exact) mass is 581 g/mol. The van der Waals surface area contributed by atoms with Gasteiger partial charge in [-0.2, -0.15) is 5.10 Å². The molecule has 10 nitrogen and oxygen atoms in total. The predicted octanol–water partition coefficient (Wildman–Crippen LogP) is 4.78. The van der Waals surface area contributed by atoms with Gasteiger partial charge >= 0.3 is 0 Å². The smallest absolute Gasteiger partial charge is 0.266 e. The van der Waals surface area contributed by atoms with Crippen LogP contribution in [-0.4, -0.2) is 49.1 Å². The van der Waals surface area contributed by atoms with E-state index in [0.29, 0.717) is 58.6 Å². The van der Waals surface area contributed by atoms with Gasteiger partial charge in [0.1, 0.15) is 11.1 Å². The number of pyridine rings is 2. The fourth-order valence-corrected chi connectivity index (χ4v) is 5.27. The molecule has 2 aromatic carbocycles. The molecule has 218 valence electrons. The van der Waals surface area contributed by atoms with Crippen LogP contribution in [0.4, 0.5) is 10.2 Å². The Hall–Kier alpha value is -5.16. The summed E-state index contributed by atoms with van der Waals surface area (Å²) in [5, 5.41) is 19.9. The van der Waals surface area contributed by atoms with Gasteiger partial charge in [0, 0.05) is 48.1 Å². The second kappa shape index (κ2) is 11.6. The van der Waals surface area contributed by atoms with E-state index < -0.39 is 17.2 Å². The van der Waals surface area contributed by atoms with Crippen LogP contribution in [0.5, 0.6) is 11.5 Å². The molecule has 3 aromatic heterocycles. The number of para-hydroxylation sites is 1. The number of Topliss-reactive ketones (excluding diaryl/α,β-unsaturated/α-hetero) is 2. The molecule has 43 heavy (non-hydrogen) atoms. The van der Waals surface area contributed by atoms with Gasteiger partial charge in [-0.1, -0.05) is 24.3 Å². The first-order valence-electron chi connectivity index (χ1n) is 13.9. The quantitative estimate of drug-likeness (QED) is 0.212. The van der Waals surface area contributed by atoms with E-state index in [1.807, 2.05) is 6.07 Å². The SMILES string of the molecule is C[C@H](CO)Nc1n[nH]c2nccc(Oc3ccc(CC(=O)c4cc5c(n(-c6ccccc6)c4=O)CCCC5=O)cc3F)c12. The summed E-state index contributed by atoms with van der Waals surface area (Å²) in [4.78, 5) is 44.1. The van der Waals surface area contributed by atoms with Crippen molar-refractivity contribution < 1.29 is 23.8 Å². The van der Waals surface area contributed by atoms with Gasteiger partial charge in [-0.25, -0.2) is 9.37 Å². The van der Waals surface area contributed by atoms with Crippen LogP contribution in [0.15, 0.2) is 71.7 Å². The van der Waals surface area contributed by atoms with Crippen LogP contribution in [-0.2, 0) is 12.8 Å². The number of ether oxygens (including phenoxy) is 1. The van der Waals surface area contributed by atoms with Crippen molar-refractivity contribution >= 4 is 28.4 Å². The Morgan fingerprint density at radius 2 is 1.93 bits per heavy atom. The van der Waals surface area contributed by atoms with E-state index in [4.69, 9.17) is 4.74 Å². The molecule has 0 bridgehead atoms. The van der Waals surface area contributed by atoms with E-state index in [1.54, 1.807) is 43.3 Å². The maximum Gasteiger partial charge on any atom is 0.266 e. The molecular weight excluding hydrogens is 553 g/mol. The summed E-state index contributed by atoms with van der Waals surface area (Å²) in [5.74, 6) is -0.746. The molecule has 0 amide bonds. The van der Waals surface area contributed by atoms with Gasteiger partial charge in [0.2, 0.25) is 0 Å². The number of nitrogens with zero attached hydrogens (tertiary/aromatic N) is 3. The third kappa shape index (κ3) is 5.42. The number of fused-ring (bicyclic) bond motifs is 2. The van der Waals surface area contributed by atoms with Gasteiger partial charge in [0.05, 0.1) is 12.2 Å². The Kier molecular flexibility index (Phi) is 7.56. The number of carbonyl (C=O) groups is 2. The van der Waals surface area contributed by atoms with Crippen LogP contribution in [0, 0.1) is 5.82 Å². The Morgan fingerprint density at radius 3 is 2.70 bits per heavy atom. The molecule has 1 aliphatic rings. The summed E-state index contributed by atoms with van der Waals surface area (Å²) >= 11 is 0. The third-order valence-corrected chi connectivity index (χ3v) is 7.40. The number of nitrogens with one attached hydrogen (secondary N) is 2. The molecule has 0 aliphatic heterocycles. The minimum atomic E-state index is -0.709. The van der Waals surface area contributed by atoms with Crippen LogP contribution >= 0.6 is 0 Å². The number of hydrogen-bond donors (Lipinski definition) is 3. The van der Waals surface area contributed by atoms with E-state index >= 15 is 4.39 Å². The van der Waals surface area contributed by atoms with Gasteiger partial charge < -0.3 is 15.2 Å². The maximum atomic E-state index is 15.3. The summed E-state index contributed by atoms with van der Waals surface area (Å²) in [6, 6.07) is 15.7. The van der Waals surface area contributed by atoms with Crippen molar-refractivity contribution in [3.63, 3.8) is 0 Å². The summed E-state index contributed by atoms with van der Waals surface area (Å²) < 4.78 is 22.6. The third-order valence-electron chi connectivity index (χ3n) is 7.40. The highest BCUT2D eigenvalue weighted by Crippen LogP contribution is 2.34. The molecule has 0 radical (unpaired) electrons. The lowest BCUT2D eigenvalue weighted by Gasteiger charge is -2.21. The number of anilines is 1. The zero-order valence-electron chi connectivity index (χ0n) is 23.3. The number of ketones is 2. The first-order valence-corrected chi connectivity index (χ1v) is 13.9. The molecule has 0 unspecified atom stereocenters. The normalized spacial score (nSPS) is 13.5. The molecule has 0 saturated heterocycles. The van der Waals surface area contributed by atoms with E-state index in [1.165, 1.54) is 29.0 Å². The lowest BCUT2D eigenvalue weighted by atomic mass is 9.91. The van der Waals surface area contributed by atoms with Crippen molar-refractivity contribution in [2.24, 2.45) is 0 Å². The molecule has 0 spiro atoms. The molecule has 1 atom stereocenters. The van der Waals surface area contributed by atoms with Gasteiger partial charge in [0.25, 0.3) is 5.56 Å². The summed E-state index contributed by atoms with van der Waals surface area (Å²) in [5.41, 5.74) is 1.68. The van der Waals surface area contributed by atoms with Crippen molar-refractivity contribution in [1.82, 2.24) is 19.7 Å². The molecule has 3 N–H and O–H groups in total. The minimum Gasteiger partial charge on any atom is -0.453 e. The first-order chi connectivity index (χ1) is 20.8. The fraction of sp³-hybridized carbons (Fsp3) is 0.219. The molecular formula is C32H28FN5O5. The zero-order valence-corrected chi connectivity index (χ0v) is 23.3. The van der Waals surface area contributed by atoms with E-state index in [-0.39, 0.29) is 41.9 Å². The van der Waals surface area contributed by atoms with Crippen LogP contribution in [0.1, 0.15) is 51.7 Å². The largest absolute Gasteiger partial charge is 0.453 e. The predicted molar refractivity (Wildman–Crippen MR) is 158 cm³/mol. The number of hydrogen-bond acceptors (Lipinski definition) is 8. The summed E-state index contributed by atoms with van der Waals surface area (Å²) in [6.45, 7) is 1.65. The number of aromatic amines is 1. The number of aliphatic hydroxyl groups is 1. The molecule has 3 heterocycles. The van der Waals surface area contributed by atoms with Gasteiger partial charge in [-0.15, -0.1) is 0 Å². The van der Waals surface area contributed by atoms with Crippen molar-refractivity contribution in [3.05, 3.63) is 105 Å². The van der Waals surface area contributed by atoms with Gasteiger partial charge in [-0.05, 0) is 55.7 Å². The topological polar surface area (TPSA) is 139 Å². The second-order valence-corrected chi connectivity index (χ2v) is 10.5. The van der Waals surface area contributed by atoms with E-state index in [2.05, 4.69) is 20.5 Å². The Morgan fingerprint density at radius 1 is 1.12 bits per heavy atom. The standard InChI is InChI=1S/C32H28FN5O5/c1-18(17-39)35-31-29-28(12-13-34-30(29)36-37-31)43-27-11-10-19(14-23(27)33)15-26(41)22-16-21-24(8-5-9-25(21)40)38(32(22)42)20-6-3-2-4-7-20/h2-4,6-7,10-14,16,18,39H,5,8-9,15,17H2,1H3,(H2,34,35,36,37)/t18-/m1/s1. The van der Waals surface area contributed by atoms with Crippen molar-refractivity contribution in [1.29, 1.82) is 0 Å². The number of halogens is 1. The van der Waals surface area contributed by atoms with E-state index in [9.17, 15) is 19.5 Å². The second-order valence-electron chi connectivity index (χ2n) is 10.5. The number of benzene rings is 2. The summed E-state index contributed by atoms with van der Waals surface area (Å²) in [6.07, 6.45) is 2.77. The average Bonchev–Trinajstić information content (AvgIpc) is 3.42. The van der Waals surface area contributed by atoms with E-state index in [0.717, 1.165) is 0 Å². The maximum absolute atomic E-state index is 15.3. The lowest BCUT2D eigenvalue weighted by molar-refractivity contribution is 0.0971. The van der Waals surface area contributed by atoms with Crippen molar-refractivity contribution in [3.8, 4) is 17.2 Å². The minimum absolute atomic E-state index is 0.0862. The van der Waals surface area contributed by atoms with Crippen molar-refractivity contribution in [2.75, 3.05) is 11.9 Å². The van der Waals surface area contributed by atoms with Crippen LogP contribution in [0.2, 0.25) is 0 Å². The van der Waals surface area contributed by atoms with Crippen molar-refractivity contribution in [2.45, 2.75) is 38.6 Å². The molecule has 6 rings (SSSR count). The highest BCUT2D eigenvalue weighted by molar-refractivity contribution is 6.03. The number of aromatic nitrogens is 4. The number of carbonyl (C=O) groups excluding carboxylic acids is 2. The molecule has 11 heteroatoms. The Labute approximate surface area is 245 Å². The summed E-state index contributed by atoms with van der Waals surface area (Å²) in [7, 11) is 0. The fourth-order valence-electron chi connectivity index (χ4n) is 5.27. The molecule has 0 saturated carbocycles. The molecule has 1 aliphatic carbocycles. The molecule has 0 fully saturated rings.